The Kier molecular flexibility index (Phi) is 4.69. The van der Waals surface area contributed by atoms with E-state index >= 15 is 0 Å². The third kappa shape index (κ3) is 4.56. The topological polar surface area (TPSA) is 58.5 Å². The first-order chi connectivity index (χ1) is 7.92. The normalized spacial score (nSPS) is 12.8. The van der Waals surface area contributed by atoms with E-state index in [9.17, 15) is 8.42 Å². The number of hydrazone groups is 1. The number of benzene rings is 1. The number of nitrogens with one attached hydrogen (secondary N) is 1. The molecule has 1 rings (SSSR count). The summed E-state index contributed by atoms with van der Waals surface area (Å²) in [5, 5.41) is 3.89. The minimum Gasteiger partial charge on any atom is -0.200 e. The van der Waals surface area contributed by atoms with Gasteiger partial charge in [-0.2, -0.15) is 13.5 Å². The van der Waals surface area contributed by atoms with E-state index in [1.165, 1.54) is 12.1 Å². The predicted molar refractivity (Wildman–Crippen MR) is 69.3 cm³/mol. The molecule has 0 aliphatic carbocycles. The van der Waals surface area contributed by atoms with Crippen LogP contribution in [0.25, 0.3) is 0 Å². The molecule has 0 aromatic heterocycles. The Morgan fingerprint density at radius 3 is 2.41 bits per heavy atom. The van der Waals surface area contributed by atoms with E-state index in [2.05, 4.69) is 23.8 Å². The van der Waals surface area contributed by atoms with E-state index in [4.69, 9.17) is 0 Å². The third-order valence-corrected chi connectivity index (χ3v) is 3.34. The first-order valence-corrected chi connectivity index (χ1v) is 7.00. The fourth-order valence-electron chi connectivity index (χ4n) is 1.43. The van der Waals surface area contributed by atoms with Crippen LogP contribution in [0.5, 0.6) is 0 Å². The average Bonchev–Trinajstić information content (AvgIpc) is 2.27. The molecule has 0 atom stereocenters. The fourth-order valence-corrected chi connectivity index (χ4v) is 2.32. The van der Waals surface area contributed by atoms with Crippen molar-refractivity contribution in [1.82, 2.24) is 4.83 Å². The van der Waals surface area contributed by atoms with Gasteiger partial charge in [-0.05, 0) is 31.4 Å². The van der Waals surface area contributed by atoms with Crippen molar-refractivity contribution in [1.29, 1.82) is 0 Å². The van der Waals surface area contributed by atoms with Crippen LogP contribution in [0, 0.1) is 5.92 Å². The number of nitrogens with zero attached hydrogens (tertiary/aromatic N) is 1. The molecule has 0 unspecified atom stereocenters. The van der Waals surface area contributed by atoms with Gasteiger partial charge in [-0.25, -0.2) is 4.83 Å². The Morgan fingerprint density at radius 2 is 1.88 bits per heavy atom. The highest BCUT2D eigenvalue weighted by Crippen LogP contribution is 2.07. The van der Waals surface area contributed by atoms with Gasteiger partial charge in [0.2, 0.25) is 0 Å². The summed E-state index contributed by atoms with van der Waals surface area (Å²) in [6, 6.07) is 8.20. The molecule has 0 amide bonds. The van der Waals surface area contributed by atoms with Gasteiger partial charge >= 0.3 is 0 Å². The zero-order valence-electron chi connectivity index (χ0n) is 10.3. The molecule has 94 valence electrons. The molecule has 0 heterocycles. The summed E-state index contributed by atoms with van der Waals surface area (Å²) in [4.78, 5) is 2.46. The summed E-state index contributed by atoms with van der Waals surface area (Å²) in [5.74, 6) is 0.458. The maximum Gasteiger partial charge on any atom is 0.276 e. The van der Waals surface area contributed by atoms with Crippen LogP contribution in [0.3, 0.4) is 0 Å². The van der Waals surface area contributed by atoms with Gasteiger partial charge in [-0.3, -0.25) is 0 Å². The van der Waals surface area contributed by atoms with Crippen molar-refractivity contribution in [3.63, 3.8) is 0 Å². The van der Waals surface area contributed by atoms with Crippen molar-refractivity contribution in [2.75, 3.05) is 0 Å². The maximum absolute atomic E-state index is 11.8. The molecular weight excluding hydrogens is 236 g/mol. The van der Waals surface area contributed by atoms with Gasteiger partial charge in [0.25, 0.3) is 10.0 Å². The molecule has 17 heavy (non-hydrogen) atoms. The molecule has 0 spiro atoms. The first-order valence-electron chi connectivity index (χ1n) is 5.52. The summed E-state index contributed by atoms with van der Waals surface area (Å²) >= 11 is 0. The minimum atomic E-state index is -3.53. The molecule has 0 radical (unpaired) electrons. The van der Waals surface area contributed by atoms with Crippen LogP contribution in [0.15, 0.2) is 40.3 Å². The zero-order valence-corrected chi connectivity index (χ0v) is 11.2. The van der Waals surface area contributed by atoms with E-state index in [-0.39, 0.29) is 4.90 Å². The lowest BCUT2D eigenvalue weighted by atomic mass is 10.1. The van der Waals surface area contributed by atoms with E-state index in [1.54, 1.807) is 18.2 Å². The minimum absolute atomic E-state index is 0.223. The van der Waals surface area contributed by atoms with Crippen LogP contribution < -0.4 is 4.83 Å². The second kappa shape index (κ2) is 5.82. The Morgan fingerprint density at radius 1 is 1.29 bits per heavy atom. The van der Waals surface area contributed by atoms with Crippen molar-refractivity contribution in [2.24, 2.45) is 11.0 Å². The molecule has 0 fully saturated rings. The number of hydrogen-bond donors (Lipinski definition) is 1. The molecule has 1 N–H and O–H groups in total. The predicted octanol–water partition coefficient (Wildman–Crippen LogP) is 2.39. The second-order valence-electron chi connectivity index (χ2n) is 4.35. The highest BCUT2D eigenvalue weighted by atomic mass is 32.2. The lowest BCUT2D eigenvalue weighted by molar-refractivity contribution is 0.583. The number of sulfonamides is 1. The molecule has 4 nitrogen and oxygen atoms in total. The Bertz CT molecular complexity index is 478. The van der Waals surface area contributed by atoms with E-state index in [0.29, 0.717) is 5.92 Å². The van der Waals surface area contributed by atoms with Crippen molar-refractivity contribution in [2.45, 2.75) is 32.1 Å². The fraction of sp³-hybridized carbons (Fsp3) is 0.417. The average molecular weight is 254 g/mol. The van der Waals surface area contributed by atoms with Crippen LogP contribution >= 0.6 is 0 Å². The van der Waals surface area contributed by atoms with Crippen molar-refractivity contribution in [3.8, 4) is 0 Å². The van der Waals surface area contributed by atoms with Gasteiger partial charge in [-0.1, -0.05) is 32.0 Å². The Labute approximate surface area is 103 Å². The third-order valence-electron chi connectivity index (χ3n) is 2.11. The Hall–Kier alpha value is -1.36. The van der Waals surface area contributed by atoms with Crippen LogP contribution in [-0.4, -0.2) is 14.1 Å². The first kappa shape index (κ1) is 13.7. The summed E-state index contributed by atoms with van der Waals surface area (Å²) < 4.78 is 23.6. The van der Waals surface area contributed by atoms with Crippen molar-refractivity contribution >= 4 is 15.7 Å². The highest BCUT2D eigenvalue weighted by molar-refractivity contribution is 7.89. The molecule has 5 heteroatoms. The van der Waals surface area contributed by atoms with Gasteiger partial charge in [0.05, 0.1) is 4.90 Å². The second-order valence-corrected chi connectivity index (χ2v) is 6.01. The summed E-state index contributed by atoms with van der Waals surface area (Å²) in [7, 11) is -3.53. The van der Waals surface area contributed by atoms with Crippen molar-refractivity contribution in [3.05, 3.63) is 30.3 Å². The zero-order chi connectivity index (χ0) is 12.9. The van der Waals surface area contributed by atoms with Crippen LogP contribution in [0.2, 0.25) is 0 Å². The van der Waals surface area contributed by atoms with E-state index < -0.39 is 10.0 Å². The van der Waals surface area contributed by atoms with Crippen molar-refractivity contribution < 1.29 is 8.42 Å². The van der Waals surface area contributed by atoms with Gasteiger partial charge < -0.3 is 0 Å². The quantitative estimate of drug-likeness (QED) is 0.648. The highest BCUT2D eigenvalue weighted by Gasteiger charge is 2.11. The SMILES string of the molecule is C/C(CC(C)C)=N/NS(=O)(=O)c1ccccc1. The molecule has 0 bridgehead atoms. The van der Waals surface area contributed by atoms with E-state index in [1.807, 2.05) is 6.92 Å². The lowest BCUT2D eigenvalue weighted by Crippen LogP contribution is -2.20. The summed E-state index contributed by atoms with van der Waals surface area (Å²) in [5.41, 5.74) is 0.777. The van der Waals surface area contributed by atoms with Crippen LogP contribution in [0.1, 0.15) is 27.2 Å². The summed E-state index contributed by atoms with van der Waals surface area (Å²) in [6.45, 7) is 5.93. The Balaban J connectivity index is 2.75. The van der Waals surface area contributed by atoms with Gasteiger partial charge in [0.15, 0.2) is 0 Å². The largest absolute Gasteiger partial charge is 0.276 e. The molecule has 1 aromatic carbocycles. The maximum atomic E-state index is 11.8. The van der Waals surface area contributed by atoms with Gasteiger partial charge in [0, 0.05) is 5.71 Å². The van der Waals surface area contributed by atoms with Crippen LogP contribution in [-0.2, 0) is 10.0 Å². The van der Waals surface area contributed by atoms with E-state index in [0.717, 1.165) is 12.1 Å². The standard InChI is InChI=1S/C12H18N2O2S/c1-10(2)9-11(3)13-14-17(15,16)12-7-5-4-6-8-12/h4-8,10,14H,9H2,1-3H3/b13-11-. The van der Waals surface area contributed by atoms with Gasteiger partial charge in [-0.15, -0.1) is 0 Å². The molecular formula is C12H18N2O2S. The molecule has 0 saturated carbocycles. The lowest BCUT2D eigenvalue weighted by Gasteiger charge is -2.06. The molecule has 0 saturated heterocycles. The molecule has 0 aliphatic rings. The number of rotatable bonds is 5. The monoisotopic (exact) mass is 254 g/mol. The van der Waals surface area contributed by atoms with Crippen LogP contribution in [0.4, 0.5) is 0 Å². The van der Waals surface area contributed by atoms with Gasteiger partial charge in [0.1, 0.15) is 0 Å². The summed E-state index contributed by atoms with van der Waals surface area (Å²) in [6.07, 6.45) is 0.775. The molecule has 0 aliphatic heterocycles. The smallest absolute Gasteiger partial charge is 0.200 e. The molecule has 1 aromatic rings. The number of hydrogen-bond acceptors (Lipinski definition) is 3.